The molecule has 8 nitrogen and oxygen atoms in total. The van der Waals surface area contributed by atoms with Crippen LogP contribution in [0.25, 0.3) is 11.6 Å². The molecule has 0 spiro atoms. The highest BCUT2D eigenvalue weighted by molar-refractivity contribution is 6.43. The van der Waals surface area contributed by atoms with Crippen molar-refractivity contribution < 1.29 is 33.5 Å². The molecule has 3 aromatic rings. The van der Waals surface area contributed by atoms with E-state index >= 15 is 0 Å². The Hall–Kier alpha value is -4.28. The van der Waals surface area contributed by atoms with E-state index in [1.54, 1.807) is 17.2 Å². The van der Waals surface area contributed by atoms with Gasteiger partial charge in [0.05, 0.1) is 23.6 Å². The molecule has 1 aromatic heterocycles. The number of rotatable bonds is 9. The van der Waals surface area contributed by atoms with Crippen LogP contribution in [0.1, 0.15) is 62.6 Å². The zero-order valence-electron chi connectivity index (χ0n) is 26.8. The predicted octanol–water partition coefficient (Wildman–Crippen LogP) is 6.46. The number of pyridine rings is 1. The summed E-state index contributed by atoms with van der Waals surface area (Å²) in [4.78, 5) is 34.3. The first-order valence-corrected chi connectivity index (χ1v) is 17.1. The molecule has 0 unspecified atom stereocenters. The Balaban J connectivity index is 1.22. The molecule has 2 amide bonds. The van der Waals surface area contributed by atoms with Crippen molar-refractivity contribution >= 4 is 30.6 Å². The fraction of sp³-hybridized carbons (Fsp3) is 0.395. The molecule has 4 atom stereocenters. The first kappa shape index (κ1) is 32.3. The number of aromatic hydroxyl groups is 1. The van der Waals surface area contributed by atoms with Crippen LogP contribution in [0.5, 0.6) is 11.5 Å². The molecule has 0 bridgehead atoms. The van der Waals surface area contributed by atoms with Gasteiger partial charge in [-0.05, 0) is 109 Å². The number of hydrogen-bond acceptors (Lipinski definition) is 7. The maximum absolute atomic E-state index is 14.3. The minimum Gasteiger partial charge on any atom is -0.505 e. The molecule has 10 heteroatoms. The third kappa shape index (κ3) is 6.56. The Bertz CT molecular complexity index is 1710. The van der Waals surface area contributed by atoms with Crippen LogP contribution in [-0.2, 0) is 14.2 Å². The third-order valence-corrected chi connectivity index (χ3v) is 10.4. The van der Waals surface area contributed by atoms with E-state index in [1.807, 2.05) is 54.6 Å². The fourth-order valence-electron chi connectivity index (χ4n) is 8.23. The average Bonchev–Trinajstić information content (AvgIpc) is 3.36. The smallest absolute Gasteiger partial charge is 0.455 e. The van der Waals surface area contributed by atoms with Gasteiger partial charge in [0.1, 0.15) is 12.4 Å². The van der Waals surface area contributed by atoms with Crippen molar-refractivity contribution in [1.82, 2.24) is 9.88 Å². The van der Waals surface area contributed by atoms with Crippen LogP contribution in [-0.4, -0.2) is 57.7 Å². The van der Waals surface area contributed by atoms with E-state index < -0.39 is 36.6 Å². The monoisotopic (exact) mass is 650 g/mol. The highest BCUT2D eigenvalue weighted by atomic mass is 19.1. The zero-order chi connectivity index (χ0) is 33.2. The molecule has 248 valence electrons. The van der Waals surface area contributed by atoms with Crippen molar-refractivity contribution in [2.45, 2.75) is 69.8 Å². The Morgan fingerprint density at radius 1 is 1.02 bits per heavy atom. The van der Waals surface area contributed by atoms with Crippen molar-refractivity contribution in [1.29, 1.82) is 0 Å². The highest BCUT2D eigenvalue weighted by Crippen LogP contribution is 2.51. The molecule has 2 aliphatic carbocycles. The number of para-hydroxylation sites is 1. The number of carbonyl (C=O) groups is 2. The van der Waals surface area contributed by atoms with Gasteiger partial charge in [-0.1, -0.05) is 49.6 Å². The van der Waals surface area contributed by atoms with Gasteiger partial charge in [-0.2, -0.15) is 0 Å². The lowest BCUT2D eigenvalue weighted by Crippen LogP contribution is -2.47. The Morgan fingerprint density at radius 2 is 1.81 bits per heavy atom. The molecule has 3 heterocycles. The number of nitrogens with zero attached hydrogens (tertiary/aromatic N) is 2. The first-order valence-electron chi connectivity index (χ1n) is 17.1. The second kappa shape index (κ2) is 14.1. The number of aromatic nitrogens is 1. The summed E-state index contributed by atoms with van der Waals surface area (Å²) in [6.45, 7) is 0.246. The molecule has 2 aliphatic heterocycles. The molecule has 1 saturated carbocycles. The van der Waals surface area contributed by atoms with Crippen LogP contribution >= 0.6 is 0 Å². The topological polar surface area (TPSA) is 109 Å². The maximum Gasteiger partial charge on any atom is 0.455 e. The van der Waals surface area contributed by atoms with E-state index in [0.29, 0.717) is 36.3 Å². The summed E-state index contributed by atoms with van der Waals surface area (Å²) in [7, 11) is -1.10. The maximum atomic E-state index is 14.3. The summed E-state index contributed by atoms with van der Waals surface area (Å²) in [5.41, 5.74) is 4.00. The van der Waals surface area contributed by atoms with E-state index in [0.717, 1.165) is 48.8 Å². The zero-order valence-corrected chi connectivity index (χ0v) is 26.8. The standard InChI is InChI=1S/C38H40BFN2O6/c40-31-20-24(14-16-33(31)43)19-25(32-13-7-8-18-41-32)15-17-34-35-26(23-47-28-11-5-2-6-12-28)21-29-36(30(35)22-39(46)48-34)38(45)42(37(29)44)27-9-3-1-4-10-27/h2,5-8,11-14,16,18-20,27,29-30,34,36,43,46H,1,3-4,9-10,15,17,21-23H2/b25-19-/t29-,30+,34-,36-/m1/s1. The highest BCUT2D eigenvalue weighted by Gasteiger charge is 2.58. The summed E-state index contributed by atoms with van der Waals surface area (Å²) in [5.74, 6) is -2.01. The lowest BCUT2D eigenvalue weighted by molar-refractivity contribution is -0.143. The number of imide groups is 1. The van der Waals surface area contributed by atoms with E-state index in [1.165, 1.54) is 12.1 Å². The van der Waals surface area contributed by atoms with E-state index in [9.17, 15) is 24.1 Å². The summed E-state index contributed by atoms with van der Waals surface area (Å²) in [6.07, 6.45) is 9.38. The molecular weight excluding hydrogens is 610 g/mol. The lowest BCUT2D eigenvalue weighted by Gasteiger charge is -2.43. The van der Waals surface area contributed by atoms with Crippen LogP contribution in [0.2, 0.25) is 6.32 Å². The van der Waals surface area contributed by atoms with Gasteiger partial charge in [-0.15, -0.1) is 0 Å². The number of phenols is 1. The number of hydrogen-bond donors (Lipinski definition) is 2. The number of phenolic OH excluding ortho intramolecular Hbond substituents is 1. The average molecular weight is 651 g/mol. The molecule has 7 rings (SSSR count). The second-order valence-electron chi connectivity index (χ2n) is 13.4. The minimum atomic E-state index is -1.10. The summed E-state index contributed by atoms with van der Waals surface area (Å²) < 4.78 is 26.8. The van der Waals surface area contributed by atoms with Gasteiger partial charge < -0.3 is 19.5 Å². The lowest BCUT2D eigenvalue weighted by atomic mass is 9.58. The molecule has 2 N–H and O–H groups in total. The van der Waals surface area contributed by atoms with Gasteiger partial charge in [-0.25, -0.2) is 4.39 Å². The van der Waals surface area contributed by atoms with Crippen molar-refractivity contribution in [3.8, 4) is 11.5 Å². The molecule has 48 heavy (non-hydrogen) atoms. The van der Waals surface area contributed by atoms with Crippen molar-refractivity contribution in [3.05, 3.63) is 101 Å². The largest absolute Gasteiger partial charge is 0.505 e. The van der Waals surface area contributed by atoms with Gasteiger partial charge in [0.25, 0.3) is 0 Å². The summed E-state index contributed by atoms with van der Waals surface area (Å²) >= 11 is 0. The normalized spacial score (nSPS) is 24.9. The number of likely N-dealkylation sites (tertiary alicyclic amines) is 1. The van der Waals surface area contributed by atoms with Crippen LogP contribution < -0.4 is 4.74 Å². The second-order valence-corrected chi connectivity index (χ2v) is 13.4. The Kier molecular flexibility index (Phi) is 9.46. The SMILES string of the molecule is O=C1[C@@H]2[C@@H](CC(COc3ccccc3)=C3[C@@H](CC/C(=C/c4ccc(O)c(F)c4)c4ccccn4)OB(O)C[C@@H]32)C(=O)N1C1CCCCC1. The predicted molar refractivity (Wildman–Crippen MR) is 180 cm³/mol. The molecule has 4 aliphatic rings. The van der Waals surface area contributed by atoms with Crippen LogP contribution in [0.3, 0.4) is 0 Å². The quantitative estimate of drug-likeness (QED) is 0.156. The number of amides is 2. The number of halogens is 1. The summed E-state index contributed by atoms with van der Waals surface area (Å²) in [5, 5.41) is 20.8. The first-order chi connectivity index (χ1) is 23.4. The Morgan fingerprint density at radius 3 is 2.56 bits per heavy atom. The van der Waals surface area contributed by atoms with Gasteiger partial charge >= 0.3 is 7.12 Å². The number of allylic oxidation sites excluding steroid dienone is 1. The Labute approximate surface area is 280 Å². The minimum absolute atomic E-state index is 0.0619. The van der Waals surface area contributed by atoms with E-state index in [-0.39, 0.29) is 36.7 Å². The number of benzene rings is 2. The van der Waals surface area contributed by atoms with Crippen LogP contribution in [0.4, 0.5) is 4.39 Å². The third-order valence-electron chi connectivity index (χ3n) is 10.4. The van der Waals surface area contributed by atoms with Crippen molar-refractivity contribution in [3.63, 3.8) is 0 Å². The number of carbonyl (C=O) groups excluding carboxylic acids is 2. The van der Waals surface area contributed by atoms with Gasteiger partial charge in [0.15, 0.2) is 11.6 Å². The molecule has 2 aromatic carbocycles. The van der Waals surface area contributed by atoms with Gasteiger partial charge in [-0.3, -0.25) is 19.5 Å². The molecule has 2 saturated heterocycles. The summed E-state index contributed by atoms with van der Waals surface area (Å²) in [6, 6.07) is 19.3. The van der Waals surface area contributed by atoms with Gasteiger partial charge in [0, 0.05) is 12.2 Å². The van der Waals surface area contributed by atoms with Crippen molar-refractivity contribution in [2.75, 3.05) is 6.61 Å². The number of fused-ring (bicyclic) bond motifs is 3. The number of ether oxygens (including phenoxy) is 1. The van der Waals surface area contributed by atoms with E-state index in [4.69, 9.17) is 9.39 Å². The molecular formula is C38H40BFN2O6. The van der Waals surface area contributed by atoms with Gasteiger partial charge in [0.2, 0.25) is 11.8 Å². The molecule has 0 radical (unpaired) electrons. The molecule has 3 fully saturated rings. The fourth-order valence-corrected chi connectivity index (χ4v) is 8.23. The van der Waals surface area contributed by atoms with Crippen molar-refractivity contribution in [2.24, 2.45) is 17.8 Å². The van der Waals surface area contributed by atoms with E-state index in [2.05, 4.69) is 4.98 Å². The van der Waals surface area contributed by atoms with Crippen LogP contribution in [0.15, 0.2) is 84.1 Å². The van der Waals surface area contributed by atoms with Crippen LogP contribution in [0, 0.1) is 23.6 Å².